The van der Waals surface area contributed by atoms with Crippen molar-refractivity contribution >= 4 is 5.91 Å². The van der Waals surface area contributed by atoms with Gasteiger partial charge in [-0.3, -0.25) is 4.79 Å². The summed E-state index contributed by atoms with van der Waals surface area (Å²) in [6.07, 6.45) is 3.80. The summed E-state index contributed by atoms with van der Waals surface area (Å²) in [5, 5.41) is 9.89. The molecule has 0 aromatic rings. The number of carbonyl (C=O) groups is 1. The molecule has 1 aliphatic rings. The average Bonchev–Trinajstić information content (AvgIpc) is 2.13. The Bertz CT molecular complexity index is 247. The highest BCUT2D eigenvalue weighted by Gasteiger charge is 2.43. The Kier molecular flexibility index (Phi) is 3.88. The lowest BCUT2D eigenvalue weighted by Crippen LogP contribution is -2.65. The largest absolute Gasteiger partial charge is 0.386 e. The van der Waals surface area contributed by atoms with Crippen molar-refractivity contribution < 1.29 is 9.90 Å². The molecular weight excluding hydrogens is 192 g/mol. The van der Waals surface area contributed by atoms with Gasteiger partial charge in [0, 0.05) is 0 Å². The van der Waals surface area contributed by atoms with Gasteiger partial charge >= 0.3 is 0 Å². The van der Waals surface area contributed by atoms with E-state index in [0.717, 1.165) is 12.8 Å². The number of β-amino-alcohol motifs (C(OH)–C–C–N with tert-alkyl or cyclic N) is 1. The summed E-state index contributed by atoms with van der Waals surface area (Å²) in [7, 11) is 0. The lowest BCUT2D eigenvalue weighted by atomic mass is 9.88. The maximum Gasteiger partial charge on any atom is 0.240 e. The summed E-state index contributed by atoms with van der Waals surface area (Å²) >= 11 is 0. The van der Waals surface area contributed by atoms with E-state index in [1.165, 1.54) is 0 Å². The van der Waals surface area contributed by atoms with Crippen LogP contribution in [0.5, 0.6) is 0 Å². The van der Waals surface area contributed by atoms with E-state index in [1.54, 1.807) is 11.0 Å². The van der Waals surface area contributed by atoms with Crippen LogP contribution in [0.15, 0.2) is 12.7 Å². The first-order chi connectivity index (χ1) is 7.02. The highest BCUT2D eigenvalue weighted by molar-refractivity contribution is 5.82. The number of hydrogen-bond donors (Lipinski definition) is 2. The molecule has 86 valence electrons. The van der Waals surface area contributed by atoms with Crippen LogP contribution in [0.1, 0.15) is 26.2 Å². The van der Waals surface area contributed by atoms with Crippen molar-refractivity contribution in [2.24, 2.45) is 5.73 Å². The number of hydrogen-bond acceptors (Lipinski definition) is 3. The molecule has 0 aromatic heterocycles. The van der Waals surface area contributed by atoms with Gasteiger partial charge in [-0.25, -0.2) is 0 Å². The van der Waals surface area contributed by atoms with Crippen LogP contribution < -0.4 is 5.73 Å². The van der Waals surface area contributed by atoms with E-state index < -0.39 is 11.6 Å². The van der Waals surface area contributed by atoms with E-state index in [0.29, 0.717) is 19.5 Å². The van der Waals surface area contributed by atoms with Crippen molar-refractivity contribution in [3.8, 4) is 0 Å². The molecule has 1 unspecified atom stereocenters. The minimum atomic E-state index is -0.668. The second-order valence-electron chi connectivity index (χ2n) is 4.30. The van der Waals surface area contributed by atoms with E-state index >= 15 is 0 Å². The van der Waals surface area contributed by atoms with Crippen molar-refractivity contribution in [3.63, 3.8) is 0 Å². The van der Waals surface area contributed by atoms with Crippen LogP contribution in [0, 0.1) is 0 Å². The molecule has 4 nitrogen and oxygen atoms in total. The third-order valence-electron chi connectivity index (χ3n) is 2.74. The third-order valence-corrected chi connectivity index (χ3v) is 2.74. The third kappa shape index (κ3) is 2.79. The monoisotopic (exact) mass is 212 g/mol. The molecule has 0 aromatic carbocycles. The van der Waals surface area contributed by atoms with Gasteiger partial charge in [-0.1, -0.05) is 19.4 Å². The van der Waals surface area contributed by atoms with Gasteiger partial charge in [0.25, 0.3) is 0 Å². The predicted molar refractivity (Wildman–Crippen MR) is 59.2 cm³/mol. The van der Waals surface area contributed by atoms with Crippen molar-refractivity contribution in [2.45, 2.75) is 37.8 Å². The molecule has 0 saturated carbocycles. The van der Waals surface area contributed by atoms with Crippen LogP contribution in [-0.2, 0) is 4.79 Å². The zero-order chi connectivity index (χ0) is 11.5. The summed E-state index contributed by atoms with van der Waals surface area (Å²) in [4.78, 5) is 13.3. The van der Waals surface area contributed by atoms with Crippen molar-refractivity contribution in [1.29, 1.82) is 0 Å². The molecule has 4 heteroatoms. The average molecular weight is 212 g/mol. The van der Waals surface area contributed by atoms with Crippen molar-refractivity contribution in [2.75, 3.05) is 13.1 Å². The maximum atomic E-state index is 11.6. The SMILES string of the molecule is C=CCC(N)C(=O)N1CC(O)(CCC)C1. The molecule has 1 atom stereocenters. The zero-order valence-corrected chi connectivity index (χ0v) is 9.28. The molecule has 1 aliphatic heterocycles. The van der Waals surface area contributed by atoms with E-state index in [4.69, 9.17) is 5.73 Å². The summed E-state index contributed by atoms with van der Waals surface area (Å²) < 4.78 is 0. The summed E-state index contributed by atoms with van der Waals surface area (Å²) in [6.45, 7) is 6.41. The van der Waals surface area contributed by atoms with E-state index in [1.807, 2.05) is 6.92 Å². The number of carbonyl (C=O) groups excluding carboxylic acids is 1. The Morgan fingerprint density at radius 3 is 2.80 bits per heavy atom. The standard InChI is InChI=1S/C11H20N2O2/c1-3-5-9(12)10(14)13-7-11(15,8-13)6-4-2/h3,9,15H,1,4-8,12H2,2H3. The normalized spacial score (nSPS) is 20.6. The molecule has 0 spiro atoms. The Hall–Kier alpha value is -0.870. The molecule has 0 aliphatic carbocycles. The number of rotatable bonds is 5. The number of nitrogens with zero attached hydrogens (tertiary/aromatic N) is 1. The fourth-order valence-electron chi connectivity index (χ4n) is 1.96. The number of aliphatic hydroxyl groups is 1. The first-order valence-electron chi connectivity index (χ1n) is 5.40. The van der Waals surface area contributed by atoms with E-state index in [-0.39, 0.29) is 5.91 Å². The molecule has 0 bridgehead atoms. The highest BCUT2D eigenvalue weighted by atomic mass is 16.3. The molecule has 1 saturated heterocycles. The predicted octanol–water partition coefficient (Wildman–Crippen LogP) is 0.263. The van der Waals surface area contributed by atoms with Gasteiger partial charge in [-0.2, -0.15) is 0 Å². The lowest BCUT2D eigenvalue weighted by molar-refractivity contribution is -0.157. The molecule has 0 radical (unpaired) electrons. The molecule has 1 fully saturated rings. The second-order valence-corrected chi connectivity index (χ2v) is 4.30. The quantitative estimate of drug-likeness (QED) is 0.643. The van der Waals surface area contributed by atoms with Crippen LogP contribution >= 0.6 is 0 Å². The van der Waals surface area contributed by atoms with Gasteiger partial charge in [0.05, 0.1) is 24.7 Å². The minimum Gasteiger partial charge on any atom is -0.386 e. The number of likely N-dealkylation sites (tertiary alicyclic amines) is 1. The van der Waals surface area contributed by atoms with E-state index in [9.17, 15) is 9.90 Å². The Balaban J connectivity index is 2.37. The van der Waals surface area contributed by atoms with Crippen LogP contribution in [0.3, 0.4) is 0 Å². The smallest absolute Gasteiger partial charge is 0.240 e. The van der Waals surface area contributed by atoms with Crippen LogP contribution in [0.2, 0.25) is 0 Å². The molecule has 1 heterocycles. The molecule has 1 amide bonds. The maximum absolute atomic E-state index is 11.6. The van der Waals surface area contributed by atoms with Gasteiger partial charge in [-0.15, -0.1) is 6.58 Å². The van der Waals surface area contributed by atoms with Gasteiger partial charge in [0.1, 0.15) is 0 Å². The summed E-state index contributed by atoms with van der Waals surface area (Å²) in [5.41, 5.74) is 4.99. The summed E-state index contributed by atoms with van der Waals surface area (Å²) in [5.74, 6) is -0.0873. The fraction of sp³-hybridized carbons (Fsp3) is 0.727. The van der Waals surface area contributed by atoms with Gasteiger partial charge in [0.2, 0.25) is 5.91 Å². The first kappa shape index (κ1) is 12.2. The van der Waals surface area contributed by atoms with Gasteiger partial charge in [0.15, 0.2) is 0 Å². The van der Waals surface area contributed by atoms with Crippen LogP contribution in [0.25, 0.3) is 0 Å². The highest BCUT2D eigenvalue weighted by Crippen LogP contribution is 2.26. The zero-order valence-electron chi connectivity index (χ0n) is 9.28. The van der Waals surface area contributed by atoms with Crippen LogP contribution in [-0.4, -0.2) is 40.6 Å². The van der Waals surface area contributed by atoms with Crippen molar-refractivity contribution in [1.82, 2.24) is 4.90 Å². The Labute approximate surface area is 90.7 Å². The molecule has 3 N–H and O–H groups in total. The number of amides is 1. The Morgan fingerprint density at radius 1 is 1.73 bits per heavy atom. The molecular formula is C11H20N2O2. The first-order valence-corrected chi connectivity index (χ1v) is 5.40. The van der Waals surface area contributed by atoms with Crippen LogP contribution in [0.4, 0.5) is 0 Å². The van der Waals surface area contributed by atoms with Gasteiger partial charge < -0.3 is 15.7 Å². The van der Waals surface area contributed by atoms with Crippen molar-refractivity contribution in [3.05, 3.63) is 12.7 Å². The van der Waals surface area contributed by atoms with Gasteiger partial charge in [-0.05, 0) is 12.8 Å². The topological polar surface area (TPSA) is 66.6 Å². The summed E-state index contributed by atoms with van der Waals surface area (Å²) in [6, 6.07) is -0.506. The Morgan fingerprint density at radius 2 is 2.33 bits per heavy atom. The number of nitrogens with two attached hydrogens (primary N) is 1. The minimum absolute atomic E-state index is 0.0873. The molecule has 15 heavy (non-hydrogen) atoms. The van der Waals surface area contributed by atoms with E-state index in [2.05, 4.69) is 6.58 Å². The second kappa shape index (κ2) is 4.77. The fourth-order valence-corrected chi connectivity index (χ4v) is 1.96. The molecule has 1 rings (SSSR count). The lowest BCUT2D eigenvalue weighted by Gasteiger charge is -2.47.